The maximum absolute atomic E-state index is 12.4. The topological polar surface area (TPSA) is 62.4 Å². The largest absolute Gasteiger partial charge is 0.416 e. The first-order chi connectivity index (χ1) is 8.82. The van der Waals surface area contributed by atoms with E-state index in [1.54, 1.807) is 0 Å². The highest BCUT2D eigenvalue weighted by atomic mass is 19.4. The Kier molecular flexibility index (Phi) is 5.17. The van der Waals surface area contributed by atoms with Gasteiger partial charge in [-0.25, -0.2) is 5.84 Å². The zero-order chi connectivity index (χ0) is 14.5. The number of hydrazine groups is 1. The summed E-state index contributed by atoms with van der Waals surface area (Å²) in [6, 6.07) is 4.65. The van der Waals surface area contributed by atoms with Gasteiger partial charge in [0, 0.05) is 12.2 Å². The van der Waals surface area contributed by atoms with Crippen molar-refractivity contribution >= 4 is 11.6 Å². The van der Waals surface area contributed by atoms with Crippen LogP contribution >= 0.6 is 0 Å². The lowest BCUT2D eigenvalue weighted by Crippen LogP contribution is -2.36. The van der Waals surface area contributed by atoms with Crippen LogP contribution in [0.2, 0.25) is 0 Å². The number of nitrogens with zero attached hydrogens (tertiary/aromatic N) is 1. The van der Waals surface area contributed by atoms with E-state index >= 15 is 0 Å². The average Bonchev–Trinajstić information content (AvgIpc) is 2.33. The number of rotatable bonds is 3. The molecule has 0 aliphatic heterocycles. The zero-order valence-electron chi connectivity index (χ0n) is 10.8. The molecule has 0 atom stereocenters. The second-order valence-electron chi connectivity index (χ2n) is 4.43. The van der Waals surface area contributed by atoms with Gasteiger partial charge < -0.3 is 5.32 Å². The third kappa shape index (κ3) is 5.17. The molecule has 0 aliphatic rings. The van der Waals surface area contributed by atoms with Crippen molar-refractivity contribution in [3.8, 4) is 0 Å². The van der Waals surface area contributed by atoms with Gasteiger partial charge in [0.25, 0.3) is 0 Å². The minimum atomic E-state index is -4.33. The van der Waals surface area contributed by atoms with Crippen LogP contribution < -0.4 is 16.6 Å². The fourth-order valence-electron chi connectivity index (χ4n) is 1.27. The van der Waals surface area contributed by atoms with E-state index in [9.17, 15) is 13.2 Å². The van der Waals surface area contributed by atoms with E-state index in [0.717, 1.165) is 12.1 Å². The first kappa shape index (κ1) is 15.3. The quantitative estimate of drug-likeness (QED) is 0.343. The lowest BCUT2D eigenvalue weighted by atomic mass is 10.2. The van der Waals surface area contributed by atoms with Crippen molar-refractivity contribution in [3.63, 3.8) is 0 Å². The first-order valence-corrected chi connectivity index (χ1v) is 5.78. The second-order valence-corrected chi connectivity index (χ2v) is 4.43. The number of halogens is 3. The molecule has 1 rings (SSSR count). The van der Waals surface area contributed by atoms with Gasteiger partial charge in [-0.3, -0.25) is 10.4 Å². The molecule has 0 amide bonds. The normalized spacial score (nSPS) is 12.7. The van der Waals surface area contributed by atoms with Crippen LogP contribution in [-0.4, -0.2) is 12.5 Å². The minimum absolute atomic E-state index is 0.313. The first-order valence-electron chi connectivity index (χ1n) is 5.78. The van der Waals surface area contributed by atoms with Crippen molar-refractivity contribution in [2.24, 2.45) is 16.8 Å². The third-order valence-electron chi connectivity index (χ3n) is 2.23. The number of aliphatic imine (C=N–C) groups is 1. The van der Waals surface area contributed by atoms with Crippen LogP contribution in [0.15, 0.2) is 29.3 Å². The fraction of sp³-hybridized carbons (Fsp3) is 0.417. The minimum Gasteiger partial charge on any atom is -0.325 e. The molecule has 1 aromatic carbocycles. The molecule has 0 saturated heterocycles. The molecule has 4 N–H and O–H groups in total. The van der Waals surface area contributed by atoms with Crippen LogP contribution in [-0.2, 0) is 6.18 Å². The van der Waals surface area contributed by atoms with Gasteiger partial charge in [-0.15, -0.1) is 0 Å². The number of nitrogens with two attached hydrogens (primary N) is 1. The van der Waals surface area contributed by atoms with Gasteiger partial charge in [0.1, 0.15) is 0 Å². The van der Waals surface area contributed by atoms with Crippen LogP contribution in [0.3, 0.4) is 0 Å². The van der Waals surface area contributed by atoms with Gasteiger partial charge in [-0.1, -0.05) is 13.8 Å². The Balaban J connectivity index is 2.74. The summed E-state index contributed by atoms with van der Waals surface area (Å²) < 4.78 is 37.1. The van der Waals surface area contributed by atoms with Gasteiger partial charge in [0.2, 0.25) is 5.96 Å². The molecule has 0 unspecified atom stereocenters. The van der Waals surface area contributed by atoms with Gasteiger partial charge in [0.15, 0.2) is 0 Å². The second kappa shape index (κ2) is 6.42. The predicted molar refractivity (Wildman–Crippen MR) is 69.5 cm³/mol. The highest BCUT2D eigenvalue weighted by molar-refractivity contribution is 5.93. The number of benzene rings is 1. The Labute approximate surface area is 109 Å². The molecule has 1 aromatic rings. The summed E-state index contributed by atoms with van der Waals surface area (Å²) >= 11 is 0. The van der Waals surface area contributed by atoms with E-state index in [-0.39, 0.29) is 0 Å². The number of anilines is 1. The molecule has 0 heterocycles. The van der Waals surface area contributed by atoms with Crippen molar-refractivity contribution in [3.05, 3.63) is 29.8 Å². The number of alkyl halides is 3. The summed E-state index contributed by atoms with van der Waals surface area (Å²) in [7, 11) is 0. The summed E-state index contributed by atoms with van der Waals surface area (Å²) in [5.74, 6) is 5.96. The lowest BCUT2D eigenvalue weighted by Gasteiger charge is -2.11. The lowest BCUT2D eigenvalue weighted by molar-refractivity contribution is -0.137. The summed E-state index contributed by atoms with van der Waals surface area (Å²) in [5.41, 5.74) is 2.15. The van der Waals surface area contributed by atoms with Crippen LogP contribution in [0.1, 0.15) is 19.4 Å². The number of hydrogen-bond acceptors (Lipinski definition) is 2. The number of guanidine groups is 1. The number of hydrogen-bond donors (Lipinski definition) is 3. The maximum Gasteiger partial charge on any atom is 0.416 e. The molecular weight excluding hydrogens is 257 g/mol. The van der Waals surface area contributed by atoms with Gasteiger partial charge in [-0.05, 0) is 30.2 Å². The predicted octanol–water partition coefficient (Wildman–Crippen LogP) is 2.59. The van der Waals surface area contributed by atoms with Gasteiger partial charge in [-0.2, -0.15) is 13.2 Å². The Morgan fingerprint density at radius 1 is 1.26 bits per heavy atom. The van der Waals surface area contributed by atoms with Gasteiger partial charge >= 0.3 is 6.18 Å². The molecule has 19 heavy (non-hydrogen) atoms. The van der Waals surface area contributed by atoms with Crippen molar-refractivity contribution in [1.29, 1.82) is 0 Å². The van der Waals surface area contributed by atoms with E-state index in [1.165, 1.54) is 12.1 Å². The van der Waals surface area contributed by atoms with Crippen molar-refractivity contribution in [1.82, 2.24) is 5.43 Å². The Hall–Kier alpha value is -1.76. The maximum atomic E-state index is 12.4. The van der Waals surface area contributed by atoms with E-state index < -0.39 is 11.7 Å². The zero-order valence-corrected chi connectivity index (χ0v) is 10.8. The molecule has 0 spiro atoms. The van der Waals surface area contributed by atoms with Gasteiger partial charge in [0.05, 0.1) is 5.56 Å². The molecule has 106 valence electrons. The standard InChI is InChI=1S/C12H17F3N4/c1-8(2)7-17-11(19-16)18-10-5-3-9(4-6-10)12(13,14)15/h3-6,8H,7,16H2,1-2H3,(H2,17,18,19). The molecule has 4 nitrogen and oxygen atoms in total. The molecule has 0 saturated carbocycles. The van der Waals surface area contributed by atoms with E-state index in [1.807, 2.05) is 13.8 Å². The average molecular weight is 274 g/mol. The SMILES string of the molecule is CC(C)CN=C(NN)Nc1ccc(C(F)(F)F)cc1. The Morgan fingerprint density at radius 2 is 1.84 bits per heavy atom. The smallest absolute Gasteiger partial charge is 0.325 e. The molecule has 0 bridgehead atoms. The van der Waals surface area contributed by atoms with E-state index in [4.69, 9.17) is 5.84 Å². The van der Waals surface area contributed by atoms with Crippen molar-refractivity contribution < 1.29 is 13.2 Å². The number of nitrogens with one attached hydrogen (secondary N) is 2. The third-order valence-corrected chi connectivity index (χ3v) is 2.23. The summed E-state index contributed by atoms with van der Waals surface area (Å²) in [5, 5.41) is 2.81. The van der Waals surface area contributed by atoms with Crippen LogP contribution in [0.25, 0.3) is 0 Å². The van der Waals surface area contributed by atoms with E-state index in [2.05, 4.69) is 15.7 Å². The van der Waals surface area contributed by atoms with Crippen molar-refractivity contribution in [2.45, 2.75) is 20.0 Å². The molecule has 0 aliphatic carbocycles. The summed E-state index contributed by atoms with van der Waals surface area (Å²) in [6.07, 6.45) is -4.33. The summed E-state index contributed by atoms with van der Waals surface area (Å²) in [6.45, 7) is 4.55. The highest BCUT2D eigenvalue weighted by Crippen LogP contribution is 2.29. The van der Waals surface area contributed by atoms with Crippen molar-refractivity contribution in [2.75, 3.05) is 11.9 Å². The highest BCUT2D eigenvalue weighted by Gasteiger charge is 2.29. The van der Waals surface area contributed by atoms with Crippen LogP contribution in [0.5, 0.6) is 0 Å². The molecule has 0 radical (unpaired) electrons. The van der Waals surface area contributed by atoms with E-state index in [0.29, 0.717) is 24.1 Å². The summed E-state index contributed by atoms with van der Waals surface area (Å²) in [4.78, 5) is 4.16. The monoisotopic (exact) mass is 274 g/mol. The van der Waals surface area contributed by atoms with Crippen LogP contribution in [0, 0.1) is 5.92 Å². The molecule has 0 fully saturated rings. The molecular formula is C12H17F3N4. The molecule has 0 aromatic heterocycles. The Bertz CT molecular complexity index is 424. The Morgan fingerprint density at radius 3 is 2.26 bits per heavy atom. The van der Waals surface area contributed by atoms with Crippen LogP contribution in [0.4, 0.5) is 18.9 Å². The molecule has 7 heteroatoms. The fourth-order valence-corrected chi connectivity index (χ4v) is 1.27.